The van der Waals surface area contributed by atoms with Crippen LogP contribution in [-0.2, 0) is 19.6 Å². The van der Waals surface area contributed by atoms with Gasteiger partial charge in [0.15, 0.2) is 6.61 Å². The number of aryl methyl sites for hydroxylation is 1. The molecule has 0 saturated carbocycles. The molecule has 0 radical (unpaired) electrons. The number of piperidine rings is 1. The third-order valence-electron chi connectivity index (χ3n) is 5.36. The Balaban J connectivity index is 1.50. The fourth-order valence-corrected chi connectivity index (χ4v) is 5.54. The summed E-state index contributed by atoms with van der Waals surface area (Å²) in [6, 6.07) is 9.69. The van der Waals surface area contributed by atoms with Crippen LogP contribution < -0.4 is 15.4 Å². The summed E-state index contributed by atoms with van der Waals surface area (Å²) in [6.45, 7) is 2.18. The summed E-state index contributed by atoms with van der Waals surface area (Å²) in [4.78, 5) is 24.4. The van der Waals surface area contributed by atoms with Crippen molar-refractivity contribution < 1.29 is 22.7 Å². The molecule has 2 aliphatic rings. The molecule has 1 atom stereocenters. The van der Waals surface area contributed by atoms with Crippen LogP contribution in [0.15, 0.2) is 41.3 Å². The molecule has 2 aromatic carbocycles. The summed E-state index contributed by atoms with van der Waals surface area (Å²) in [6.07, 6.45) is 1.14. The lowest BCUT2D eigenvalue weighted by molar-refractivity contribution is -0.121. The molecule has 0 aromatic heterocycles. The highest BCUT2D eigenvalue weighted by atomic mass is 35.5. The fraction of sp³-hybridized carbons (Fsp3) is 0.333. The van der Waals surface area contributed by atoms with Crippen molar-refractivity contribution in [3.05, 3.63) is 47.0 Å². The monoisotopic (exact) mass is 463 g/mol. The van der Waals surface area contributed by atoms with Crippen LogP contribution >= 0.6 is 11.6 Å². The molecule has 2 N–H and O–H groups in total. The number of amides is 2. The topological polar surface area (TPSA) is 105 Å². The molecule has 2 aliphatic heterocycles. The van der Waals surface area contributed by atoms with Crippen molar-refractivity contribution in [1.82, 2.24) is 4.31 Å². The first-order valence-electron chi connectivity index (χ1n) is 9.88. The molecule has 0 spiro atoms. The number of sulfonamides is 1. The van der Waals surface area contributed by atoms with Crippen molar-refractivity contribution in [3.8, 4) is 5.75 Å². The second-order valence-corrected chi connectivity index (χ2v) is 10.0. The molecule has 2 heterocycles. The lowest BCUT2D eigenvalue weighted by atomic mass is 9.98. The van der Waals surface area contributed by atoms with Crippen molar-refractivity contribution in [2.75, 3.05) is 30.3 Å². The first-order chi connectivity index (χ1) is 14.7. The van der Waals surface area contributed by atoms with Gasteiger partial charge in [0.1, 0.15) is 5.75 Å². The molecule has 31 heavy (non-hydrogen) atoms. The summed E-state index contributed by atoms with van der Waals surface area (Å²) in [5, 5.41) is 5.86. The molecule has 164 valence electrons. The summed E-state index contributed by atoms with van der Waals surface area (Å²) < 4.78 is 33.0. The molecular formula is C21H22ClN3O5S. The third-order valence-corrected chi connectivity index (χ3v) is 7.53. The largest absolute Gasteiger partial charge is 0.482 e. The minimum atomic E-state index is -3.85. The molecule has 1 unspecified atom stereocenters. The summed E-state index contributed by atoms with van der Waals surface area (Å²) in [5.41, 5.74) is 1.80. The van der Waals surface area contributed by atoms with Gasteiger partial charge in [-0.2, -0.15) is 4.31 Å². The van der Waals surface area contributed by atoms with E-state index in [0.717, 1.165) is 5.56 Å². The standard InChI is InChI=1S/C21H22ClN3O5S/c1-13-4-6-17(16(22)9-13)24-21(27)14-3-2-8-25(11-14)31(28,29)15-5-7-19-18(10-15)23-20(26)12-30-19/h4-7,9-10,14H,2-3,8,11-12H2,1H3,(H,23,26)(H,24,27). The van der Waals surface area contributed by atoms with Crippen LogP contribution in [0, 0.1) is 12.8 Å². The highest BCUT2D eigenvalue weighted by molar-refractivity contribution is 7.89. The number of benzene rings is 2. The fourth-order valence-electron chi connectivity index (χ4n) is 3.70. The number of nitrogens with zero attached hydrogens (tertiary/aromatic N) is 1. The van der Waals surface area contributed by atoms with Gasteiger partial charge in [-0.05, 0) is 55.7 Å². The molecule has 1 saturated heterocycles. The van der Waals surface area contributed by atoms with E-state index in [4.69, 9.17) is 16.3 Å². The van der Waals surface area contributed by atoms with Crippen molar-refractivity contribution in [1.29, 1.82) is 0 Å². The summed E-state index contributed by atoms with van der Waals surface area (Å²) in [5.74, 6) is -0.686. The number of rotatable bonds is 4. The normalized spacial score (nSPS) is 19.2. The van der Waals surface area contributed by atoms with Gasteiger partial charge in [-0.1, -0.05) is 17.7 Å². The number of ether oxygens (including phenoxy) is 1. The van der Waals surface area contributed by atoms with Crippen LogP contribution in [0.2, 0.25) is 5.02 Å². The Morgan fingerprint density at radius 1 is 1.26 bits per heavy atom. The van der Waals surface area contributed by atoms with Gasteiger partial charge in [-0.25, -0.2) is 8.42 Å². The predicted octanol–water partition coefficient (Wildman–Crippen LogP) is 3.02. The van der Waals surface area contributed by atoms with Gasteiger partial charge in [0.05, 0.1) is 27.2 Å². The average molecular weight is 464 g/mol. The van der Waals surface area contributed by atoms with Crippen molar-refractivity contribution in [2.45, 2.75) is 24.7 Å². The zero-order valence-electron chi connectivity index (χ0n) is 16.9. The summed E-state index contributed by atoms with van der Waals surface area (Å²) >= 11 is 6.20. The number of carbonyl (C=O) groups is 2. The van der Waals surface area contributed by atoms with Gasteiger partial charge in [-0.3, -0.25) is 9.59 Å². The second-order valence-electron chi connectivity index (χ2n) is 7.67. The number of fused-ring (bicyclic) bond motifs is 1. The minimum Gasteiger partial charge on any atom is -0.482 e. The van der Waals surface area contributed by atoms with Crippen LogP contribution in [-0.4, -0.2) is 44.2 Å². The molecule has 0 bridgehead atoms. The van der Waals surface area contributed by atoms with Crippen molar-refractivity contribution in [2.24, 2.45) is 5.92 Å². The Hall–Kier alpha value is -2.62. The molecular weight excluding hydrogens is 442 g/mol. The van der Waals surface area contributed by atoms with E-state index in [0.29, 0.717) is 41.5 Å². The molecule has 4 rings (SSSR count). The van der Waals surface area contributed by atoms with Crippen LogP contribution in [0.3, 0.4) is 0 Å². The number of hydrogen-bond donors (Lipinski definition) is 2. The Kier molecular flexibility index (Phi) is 5.92. The van der Waals surface area contributed by atoms with E-state index in [9.17, 15) is 18.0 Å². The maximum atomic E-state index is 13.2. The number of hydrogen-bond acceptors (Lipinski definition) is 5. The van der Waals surface area contributed by atoms with Gasteiger partial charge >= 0.3 is 0 Å². The highest BCUT2D eigenvalue weighted by Crippen LogP contribution is 2.33. The third kappa shape index (κ3) is 4.53. The Labute approximate surface area is 185 Å². The number of halogens is 1. The van der Waals surface area contributed by atoms with Gasteiger partial charge in [0.25, 0.3) is 5.91 Å². The van der Waals surface area contributed by atoms with E-state index in [1.54, 1.807) is 12.1 Å². The smallest absolute Gasteiger partial charge is 0.262 e. The molecule has 10 heteroatoms. The van der Waals surface area contributed by atoms with Crippen molar-refractivity contribution in [3.63, 3.8) is 0 Å². The number of nitrogens with one attached hydrogen (secondary N) is 2. The molecule has 8 nitrogen and oxygen atoms in total. The molecule has 1 fully saturated rings. The number of carbonyl (C=O) groups excluding carboxylic acids is 2. The van der Waals surface area contributed by atoms with Gasteiger partial charge in [-0.15, -0.1) is 0 Å². The van der Waals surface area contributed by atoms with E-state index in [1.807, 2.05) is 13.0 Å². The Bertz CT molecular complexity index is 1150. The van der Waals surface area contributed by atoms with Crippen LogP contribution in [0.1, 0.15) is 18.4 Å². The molecule has 0 aliphatic carbocycles. The van der Waals surface area contributed by atoms with Crippen molar-refractivity contribution >= 4 is 44.8 Å². The zero-order valence-corrected chi connectivity index (χ0v) is 18.4. The van der Waals surface area contributed by atoms with E-state index < -0.39 is 15.9 Å². The van der Waals surface area contributed by atoms with Gasteiger partial charge in [0, 0.05) is 13.1 Å². The average Bonchev–Trinajstić information content (AvgIpc) is 2.75. The minimum absolute atomic E-state index is 0.0414. The maximum absolute atomic E-state index is 13.2. The van der Waals surface area contributed by atoms with E-state index in [-0.39, 0.29) is 29.9 Å². The van der Waals surface area contributed by atoms with E-state index in [1.165, 1.54) is 22.5 Å². The zero-order chi connectivity index (χ0) is 22.2. The quantitative estimate of drug-likeness (QED) is 0.725. The van der Waals surface area contributed by atoms with Gasteiger partial charge in [0.2, 0.25) is 15.9 Å². The van der Waals surface area contributed by atoms with Crippen LogP contribution in [0.4, 0.5) is 11.4 Å². The first-order valence-corrected chi connectivity index (χ1v) is 11.7. The Morgan fingerprint density at radius 2 is 2.06 bits per heavy atom. The van der Waals surface area contributed by atoms with Gasteiger partial charge < -0.3 is 15.4 Å². The summed E-state index contributed by atoms with van der Waals surface area (Å²) in [7, 11) is -3.85. The second kappa shape index (κ2) is 8.49. The van der Waals surface area contributed by atoms with E-state index >= 15 is 0 Å². The van der Waals surface area contributed by atoms with E-state index in [2.05, 4.69) is 10.6 Å². The molecule has 2 aromatic rings. The van der Waals surface area contributed by atoms with Crippen LogP contribution in [0.5, 0.6) is 5.75 Å². The SMILES string of the molecule is Cc1ccc(NC(=O)C2CCCN(S(=O)(=O)c3ccc4c(c3)NC(=O)CO4)C2)c(Cl)c1. The first kappa shape index (κ1) is 21.6. The highest BCUT2D eigenvalue weighted by Gasteiger charge is 2.34. The lowest BCUT2D eigenvalue weighted by Crippen LogP contribution is -2.43. The lowest BCUT2D eigenvalue weighted by Gasteiger charge is -2.31. The van der Waals surface area contributed by atoms with Crippen LogP contribution in [0.25, 0.3) is 0 Å². The maximum Gasteiger partial charge on any atom is 0.262 e. The number of anilines is 2. The predicted molar refractivity (Wildman–Crippen MR) is 117 cm³/mol. The Morgan fingerprint density at radius 3 is 2.84 bits per heavy atom. The molecule has 2 amide bonds.